The molecule has 0 spiro atoms. The predicted molar refractivity (Wildman–Crippen MR) is 174 cm³/mol. The van der Waals surface area contributed by atoms with E-state index in [1.54, 1.807) is 0 Å². The number of aliphatic carboxylic acids is 1. The quantitative estimate of drug-likeness (QED) is 0.0763. The third-order valence-electron chi connectivity index (χ3n) is 8.71. The van der Waals surface area contributed by atoms with Gasteiger partial charge in [-0.05, 0) is 62.6 Å². The minimum absolute atomic E-state index is 0.00233. The zero-order valence-corrected chi connectivity index (χ0v) is 27.8. The minimum atomic E-state index is -1.24. The third-order valence-corrected chi connectivity index (χ3v) is 9.48. The van der Waals surface area contributed by atoms with E-state index in [0.29, 0.717) is 37.9 Å². The number of aromatic hydroxyl groups is 4. The highest BCUT2D eigenvalue weighted by Crippen LogP contribution is 2.47. The maximum absolute atomic E-state index is 12.8. The van der Waals surface area contributed by atoms with E-state index < -0.39 is 64.8 Å². The molecule has 0 aliphatic carbocycles. The summed E-state index contributed by atoms with van der Waals surface area (Å²) in [5.41, 5.74) is 0.440. The van der Waals surface area contributed by atoms with Gasteiger partial charge in [0.15, 0.2) is 23.0 Å². The zero-order valence-electron chi connectivity index (χ0n) is 26.2. The van der Waals surface area contributed by atoms with Gasteiger partial charge in [-0.2, -0.15) is 0 Å². The molecule has 8 N–H and O–H groups in total. The lowest BCUT2D eigenvalue weighted by Gasteiger charge is -2.46. The summed E-state index contributed by atoms with van der Waals surface area (Å²) < 4.78 is 0. The van der Waals surface area contributed by atoms with Crippen molar-refractivity contribution in [2.45, 2.75) is 45.3 Å². The van der Waals surface area contributed by atoms with Crippen molar-refractivity contribution in [3.8, 4) is 23.0 Å². The number of carbonyl (C=O) groups excluding carboxylic acids is 3. The molecule has 1 saturated heterocycles. The van der Waals surface area contributed by atoms with Crippen LogP contribution in [0.2, 0.25) is 10.0 Å². The average molecular weight is 710 g/mol. The smallest absolute Gasteiger partial charge is 0.352 e. The first kappa shape index (κ1) is 36.6. The van der Waals surface area contributed by atoms with Crippen LogP contribution in [-0.4, -0.2) is 109 Å². The number of carboxylic acids is 1. The number of hydrogen-bond acceptors (Lipinski definition) is 10. The van der Waals surface area contributed by atoms with E-state index in [2.05, 4.69) is 10.6 Å². The van der Waals surface area contributed by atoms with Gasteiger partial charge in [-0.25, -0.2) is 4.79 Å². The summed E-state index contributed by atoms with van der Waals surface area (Å²) in [6.45, 7) is 4.87. The minimum Gasteiger partial charge on any atom is -0.504 e. The molecular weight excluding hydrogens is 671 g/mol. The highest BCUT2D eigenvalue weighted by Gasteiger charge is 2.59. The number of aliphatic hydroxyl groups is 1. The number of nitrogens with one attached hydrogen (secondary N) is 2. The molecule has 3 amide bonds. The van der Waals surface area contributed by atoms with Crippen LogP contribution < -0.4 is 10.6 Å². The van der Waals surface area contributed by atoms with E-state index >= 15 is 0 Å². The van der Waals surface area contributed by atoms with Crippen molar-refractivity contribution in [3.63, 3.8) is 0 Å². The number of phenols is 4. The number of nitrogens with zero attached hydrogens (tertiary/aromatic N) is 2. The fraction of sp³-hybridized carbons (Fsp3) is 0.438. The van der Waals surface area contributed by atoms with Crippen LogP contribution in [0.25, 0.3) is 0 Å². The summed E-state index contributed by atoms with van der Waals surface area (Å²) in [6.07, 6.45) is 0.575. The molecule has 1 fully saturated rings. The Labute approximate surface area is 286 Å². The van der Waals surface area contributed by atoms with Crippen molar-refractivity contribution >= 4 is 46.9 Å². The van der Waals surface area contributed by atoms with Gasteiger partial charge in [-0.1, -0.05) is 30.1 Å². The summed E-state index contributed by atoms with van der Waals surface area (Å²) >= 11 is 12.0. The van der Waals surface area contributed by atoms with Gasteiger partial charge in [0, 0.05) is 32.1 Å². The van der Waals surface area contributed by atoms with Gasteiger partial charge < -0.3 is 46.2 Å². The van der Waals surface area contributed by atoms with Crippen LogP contribution >= 0.6 is 23.2 Å². The van der Waals surface area contributed by atoms with Gasteiger partial charge in [0.25, 0.3) is 11.8 Å². The number of benzene rings is 2. The molecule has 2 aliphatic rings. The zero-order chi connectivity index (χ0) is 35.4. The van der Waals surface area contributed by atoms with Crippen LogP contribution in [0.5, 0.6) is 23.0 Å². The predicted octanol–water partition coefficient (Wildman–Crippen LogP) is 2.64. The molecule has 2 aromatic carbocycles. The topological polar surface area (TPSA) is 220 Å². The Balaban J connectivity index is 1.40. The van der Waals surface area contributed by atoms with Crippen LogP contribution in [0.4, 0.5) is 0 Å². The maximum atomic E-state index is 12.8. The van der Waals surface area contributed by atoms with Crippen molar-refractivity contribution in [1.29, 1.82) is 0 Å². The number of carboxylic acid groups (broad SMARTS) is 1. The molecule has 0 radical (unpaired) electrons. The van der Waals surface area contributed by atoms with Crippen molar-refractivity contribution < 1.29 is 49.8 Å². The number of aliphatic hydroxyl groups excluding tert-OH is 1. The van der Waals surface area contributed by atoms with E-state index in [0.717, 1.165) is 12.1 Å². The van der Waals surface area contributed by atoms with Crippen molar-refractivity contribution in [2.75, 3.05) is 32.7 Å². The Morgan fingerprint density at radius 2 is 1.38 bits per heavy atom. The largest absolute Gasteiger partial charge is 0.504 e. The number of unbranched alkanes of at least 4 members (excludes halogenated alkanes) is 1. The van der Waals surface area contributed by atoms with Gasteiger partial charge in [-0.3, -0.25) is 19.3 Å². The first-order chi connectivity index (χ1) is 22.7. The van der Waals surface area contributed by atoms with Gasteiger partial charge in [0.1, 0.15) is 5.70 Å². The summed E-state index contributed by atoms with van der Waals surface area (Å²) in [5.74, 6) is -5.91. The van der Waals surface area contributed by atoms with Crippen molar-refractivity contribution in [2.24, 2.45) is 11.8 Å². The summed E-state index contributed by atoms with van der Waals surface area (Å²) in [5, 5.41) is 63.9. The van der Waals surface area contributed by atoms with Crippen LogP contribution in [0.15, 0.2) is 35.5 Å². The highest BCUT2D eigenvalue weighted by molar-refractivity contribution is 6.36. The number of hydrogen-bond donors (Lipinski definition) is 8. The first-order valence-electron chi connectivity index (χ1n) is 15.3. The maximum Gasteiger partial charge on any atom is 0.352 e. The second kappa shape index (κ2) is 15.3. The van der Waals surface area contributed by atoms with Gasteiger partial charge in [0.2, 0.25) is 5.91 Å². The molecule has 1 unspecified atom stereocenters. The Morgan fingerprint density at radius 3 is 1.88 bits per heavy atom. The molecule has 0 aromatic heterocycles. The number of carbonyl (C=O) groups is 4. The summed E-state index contributed by atoms with van der Waals surface area (Å²) in [4.78, 5) is 53.6. The van der Waals surface area contributed by atoms with Crippen LogP contribution in [0.3, 0.4) is 0 Å². The number of β-lactam (4-membered cyclic amide) rings is 1. The van der Waals surface area contributed by atoms with Crippen LogP contribution in [-0.2, 0) is 9.59 Å². The molecule has 4 atom stereocenters. The third kappa shape index (κ3) is 7.41. The van der Waals surface area contributed by atoms with E-state index in [1.165, 1.54) is 24.0 Å². The Morgan fingerprint density at radius 1 is 0.875 bits per heavy atom. The van der Waals surface area contributed by atoms with E-state index in [-0.39, 0.29) is 52.4 Å². The van der Waals surface area contributed by atoms with E-state index in [1.807, 2.05) is 11.8 Å². The van der Waals surface area contributed by atoms with E-state index in [9.17, 15) is 49.8 Å². The van der Waals surface area contributed by atoms with Gasteiger partial charge in [-0.15, -0.1) is 0 Å². The molecule has 2 aliphatic heterocycles. The molecule has 14 nitrogen and oxygen atoms in total. The second-order valence-electron chi connectivity index (χ2n) is 11.9. The SMILES string of the molecule is C[C@H]1C(CN(CCCCNC(=O)c2ccc(O)c(O)c2Cl)CCCNC(=O)c2ccc(O)c(O)c2Cl)=C(C(=O)O)N2C(=O)[C@H]([C@@H](C)O)C12. The Kier molecular flexibility index (Phi) is 11.7. The number of phenolic OH excluding ortho intramolecular Hbond substituents is 4. The highest BCUT2D eigenvalue weighted by atomic mass is 35.5. The molecule has 16 heteroatoms. The number of amides is 3. The Hall–Kier alpha value is -4.24. The van der Waals surface area contributed by atoms with E-state index in [4.69, 9.17) is 23.2 Å². The molecule has 260 valence electrons. The molecule has 2 heterocycles. The van der Waals surface area contributed by atoms with Crippen molar-refractivity contribution in [1.82, 2.24) is 20.4 Å². The first-order valence-corrected chi connectivity index (χ1v) is 16.1. The fourth-order valence-electron chi connectivity index (χ4n) is 6.18. The summed E-state index contributed by atoms with van der Waals surface area (Å²) in [6, 6.07) is 4.41. The molecule has 48 heavy (non-hydrogen) atoms. The average Bonchev–Trinajstić information content (AvgIpc) is 3.27. The van der Waals surface area contributed by atoms with Crippen molar-refractivity contribution in [3.05, 3.63) is 56.7 Å². The fourth-order valence-corrected chi connectivity index (χ4v) is 6.67. The number of rotatable bonds is 15. The molecule has 4 rings (SSSR count). The Bertz CT molecular complexity index is 1630. The van der Waals surface area contributed by atoms with Gasteiger partial charge >= 0.3 is 5.97 Å². The number of halogens is 2. The lowest BCUT2D eigenvalue weighted by molar-refractivity contribution is -0.163. The second-order valence-corrected chi connectivity index (χ2v) is 12.6. The molecule has 0 saturated carbocycles. The lowest BCUT2D eigenvalue weighted by Crippen LogP contribution is -2.63. The van der Waals surface area contributed by atoms with Gasteiger partial charge in [0.05, 0.1) is 39.2 Å². The van der Waals surface area contributed by atoms with Crippen LogP contribution in [0.1, 0.15) is 53.8 Å². The standard InChI is InChI=1S/C32H38Cl2N4O10/c1-15-19(26(32(47)48)38-25(15)22(16(2)39)31(38)46)14-37(13-5-11-36-30(45)18-7-9-21(41)28(43)24(18)34)12-4-3-10-35-29(44)17-6-8-20(40)27(42)23(17)33/h6-9,15-16,22,25,39-43H,3-5,10-14H2,1-2H3,(H,35,44)(H,36,45)(H,47,48)/t15-,16+,22+,25?/m0/s1. The number of fused-ring (bicyclic) bond motifs is 1. The molecular formula is C32H38Cl2N4O10. The normalized spacial score (nSPS) is 19.2. The molecule has 0 bridgehead atoms. The van der Waals surface area contributed by atoms with Crippen LogP contribution in [0, 0.1) is 11.8 Å². The lowest BCUT2D eigenvalue weighted by atomic mass is 9.77. The molecule has 2 aromatic rings. The monoisotopic (exact) mass is 708 g/mol. The summed E-state index contributed by atoms with van der Waals surface area (Å²) in [7, 11) is 0.